The summed E-state index contributed by atoms with van der Waals surface area (Å²) in [7, 11) is 0. The maximum atomic E-state index is 5.72. The van der Waals surface area contributed by atoms with Crippen LogP contribution in [-0.2, 0) is 6.42 Å². The second-order valence-corrected chi connectivity index (χ2v) is 5.53. The highest BCUT2D eigenvalue weighted by Crippen LogP contribution is 2.38. The molecule has 0 amide bonds. The summed E-state index contributed by atoms with van der Waals surface area (Å²) in [5.41, 5.74) is 5.72. The van der Waals surface area contributed by atoms with Crippen LogP contribution in [0.25, 0.3) is 0 Å². The Morgan fingerprint density at radius 1 is 1.41 bits per heavy atom. The summed E-state index contributed by atoms with van der Waals surface area (Å²) in [5.74, 6) is 3.12. The van der Waals surface area contributed by atoms with Gasteiger partial charge in [-0.15, -0.1) is 0 Å². The van der Waals surface area contributed by atoms with Crippen molar-refractivity contribution in [3.05, 3.63) is 5.89 Å². The van der Waals surface area contributed by atoms with Crippen LogP contribution < -0.4 is 10.6 Å². The van der Waals surface area contributed by atoms with Crippen molar-refractivity contribution >= 4 is 5.95 Å². The quantitative estimate of drug-likeness (QED) is 0.854. The highest BCUT2D eigenvalue weighted by atomic mass is 16.5. The average molecular weight is 236 g/mol. The fraction of sp³-hybridized carbons (Fsp3) is 0.833. The number of fused-ring (bicyclic) bond motifs is 1. The fourth-order valence-electron chi connectivity index (χ4n) is 3.13. The van der Waals surface area contributed by atoms with Gasteiger partial charge in [-0.1, -0.05) is 6.42 Å². The normalized spacial score (nSPS) is 29.6. The zero-order valence-electron chi connectivity index (χ0n) is 10.3. The number of nitrogens with zero attached hydrogens (tertiary/aromatic N) is 3. The molecule has 0 radical (unpaired) electrons. The van der Waals surface area contributed by atoms with Crippen molar-refractivity contribution in [2.75, 3.05) is 18.0 Å². The van der Waals surface area contributed by atoms with E-state index in [1.807, 2.05) is 6.92 Å². The minimum atomic E-state index is 0.0706. The Labute approximate surface area is 101 Å². The van der Waals surface area contributed by atoms with Gasteiger partial charge < -0.3 is 15.2 Å². The third-order valence-corrected chi connectivity index (χ3v) is 3.96. The van der Waals surface area contributed by atoms with E-state index in [0.29, 0.717) is 12.3 Å². The van der Waals surface area contributed by atoms with E-state index in [-0.39, 0.29) is 6.04 Å². The predicted octanol–water partition coefficient (Wildman–Crippen LogP) is 1.20. The Morgan fingerprint density at radius 2 is 2.12 bits per heavy atom. The van der Waals surface area contributed by atoms with Crippen molar-refractivity contribution in [3.63, 3.8) is 0 Å². The molecule has 1 saturated carbocycles. The van der Waals surface area contributed by atoms with Gasteiger partial charge in [0, 0.05) is 25.6 Å². The molecule has 1 aliphatic heterocycles. The van der Waals surface area contributed by atoms with Gasteiger partial charge in [0.15, 0.2) is 0 Å². The molecule has 3 atom stereocenters. The molecule has 1 saturated heterocycles. The van der Waals surface area contributed by atoms with E-state index < -0.39 is 0 Å². The van der Waals surface area contributed by atoms with Crippen LogP contribution in [0.3, 0.4) is 0 Å². The van der Waals surface area contributed by atoms with Crippen molar-refractivity contribution in [3.8, 4) is 0 Å². The first kappa shape index (κ1) is 11.0. The summed E-state index contributed by atoms with van der Waals surface area (Å²) in [4.78, 5) is 6.69. The molecule has 2 heterocycles. The minimum Gasteiger partial charge on any atom is -0.338 e. The van der Waals surface area contributed by atoms with Crippen LogP contribution in [0.2, 0.25) is 0 Å². The molecule has 1 aliphatic carbocycles. The first-order chi connectivity index (χ1) is 8.22. The van der Waals surface area contributed by atoms with Gasteiger partial charge >= 0.3 is 0 Å². The predicted molar refractivity (Wildman–Crippen MR) is 64.7 cm³/mol. The molecule has 17 heavy (non-hydrogen) atoms. The van der Waals surface area contributed by atoms with Gasteiger partial charge in [0.25, 0.3) is 5.95 Å². The number of hydrogen-bond donors (Lipinski definition) is 1. The molecular weight excluding hydrogens is 216 g/mol. The lowest BCUT2D eigenvalue weighted by molar-refractivity contribution is 0.370. The van der Waals surface area contributed by atoms with Gasteiger partial charge in [-0.25, -0.2) is 0 Å². The monoisotopic (exact) mass is 236 g/mol. The van der Waals surface area contributed by atoms with Gasteiger partial charge in [0.2, 0.25) is 5.89 Å². The van der Waals surface area contributed by atoms with Gasteiger partial charge in [-0.05, 0) is 36.8 Å². The molecule has 5 nitrogen and oxygen atoms in total. The van der Waals surface area contributed by atoms with Crippen molar-refractivity contribution in [1.82, 2.24) is 10.1 Å². The molecule has 2 aliphatic rings. The van der Waals surface area contributed by atoms with E-state index in [2.05, 4.69) is 15.0 Å². The summed E-state index contributed by atoms with van der Waals surface area (Å²) in [5, 5.41) is 4.06. The zero-order valence-corrected chi connectivity index (χ0v) is 10.3. The Balaban J connectivity index is 1.67. The average Bonchev–Trinajstić information content (AvgIpc) is 2.87. The molecule has 1 aromatic rings. The number of nitrogens with two attached hydrogens (primary N) is 1. The third-order valence-electron chi connectivity index (χ3n) is 3.96. The van der Waals surface area contributed by atoms with E-state index in [1.165, 1.54) is 19.3 Å². The number of aromatic nitrogens is 2. The Hall–Kier alpha value is -1.10. The van der Waals surface area contributed by atoms with Crippen molar-refractivity contribution in [1.29, 1.82) is 0 Å². The van der Waals surface area contributed by atoms with Gasteiger partial charge in [-0.2, -0.15) is 4.98 Å². The SMILES string of the molecule is C[C@@H](N)Cc1nc(N2C[C@H]3CCC[C@H]3C2)no1. The maximum Gasteiger partial charge on any atom is 0.266 e. The van der Waals surface area contributed by atoms with Crippen LogP contribution in [0.1, 0.15) is 32.1 Å². The Bertz CT molecular complexity index is 378. The molecule has 1 aromatic heterocycles. The van der Waals surface area contributed by atoms with Crippen molar-refractivity contribution in [2.24, 2.45) is 17.6 Å². The van der Waals surface area contributed by atoms with E-state index >= 15 is 0 Å². The lowest BCUT2D eigenvalue weighted by Gasteiger charge is -2.13. The molecule has 0 spiro atoms. The van der Waals surface area contributed by atoms with Gasteiger partial charge in [0.05, 0.1) is 0 Å². The second kappa shape index (κ2) is 4.29. The first-order valence-electron chi connectivity index (χ1n) is 6.55. The second-order valence-electron chi connectivity index (χ2n) is 5.53. The summed E-state index contributed by atoms with van der Waals surface area (Å²) >= 11 is 0. The van der Waals surface area contributed by atoms with Gasteiger partial charge in [0.1, 0.15) is 0 Å². The molecule has 5 heteroatoms. The van der Waals surface area contributed by atoms with Crippen molar-refractivity contribution in [2.45, 2.75) is 38.6 Å². The Kier molecular flexibility index (Phi) is 2.78. The molecular formula is C12H20N4O. The van der Waals surface area contributed by atoms with E-state index in [1.54, 1.807) is 0 Å². The van der Waals surface area contributed by atoms with Crippen LogP contribution in [0.15, 0.2) is 4.52 Å². The molecule has 2 fully saturated rings. The minimum absolute atomic E-state index is 0.0706. The molecule has 2 N–H and O–H groups in total. The number of rotatable bonds is 3. The van der Waals surface area contributed by atoms with Crippen LogP contribution in [-0.4, -0.2) is 29.3 Å². The lowest BCUT2D eigenvalue weighted by Crippen LogP contribution is -2.22. The van der Waals surface area contributed by atoms with E-state index in [9.17, 15) is 0 Å². The van der Waals surface area contributed by atoms with E-state index in [4.69, 9.17) is 10.3 Å². The van der Waals surface area contributed by atoms with E-state index in [0.717, 1.165) is 30.9 Å². The van der Waals surface area contributed by atoms with Crippen LogP contribution in [0, 0.1) is 11.8 Å². The summed E-state index contributed by atoms with van der Waals surface area (Å²) < 4.78 is 5.23. The lowest BCUT2D eigenvalue weighted by atomic mass is 10.0. The topological polar surface area (TPSA) is 68.2 Å². The van der Waals surface area contributed by atoms with Crippen molar-refractivity contribution < 1.29 is 4.52 Å². The third kappa shape index (κ3) is 2.16. The number of anilines is 1. The largest absolute Gasteiger partial charge is 0.338 e. The first-order valence-corrected chi connectivity index (χ1v) is 6.55. The molecule has 94 valence electrons. The molecule has 0 unspecified atom stereocenters. The van der Waals surface area contributed by atoms with Crippen LogP contribution in [0.4, 0.5) is 5.95 Å². The summed E-state index contributed by atoms with van der Waals surface area (Å²) in [6, 6.07) is 0.0706. The molecule has 3 rings (SSSR count). The molecule has 0 aromatic carbocycles. The summed E-state index contributed by atoms with van der Waals surface area (Å²) in [6.45, 7) is 4.15. The summed E-state index contributed by atoms with van der Waals surface area (Å²) in [6.07, 6.45) is 4.79. The molecule has 0 bridgehead atoms. The highest BCUT2D eigenvalue weighted by Gasteiger charge is 2.37. The Morgan fingerprint density at radius 3 is 2.76 bits per heavy atom. The zero-order chi connectivity index (χ0) is 11.8. The number of hydrogen-bond acceptors (Lipinski definition) is 5. The van der Waals surface area contributed by atoms with Gasteiger partial charge in [-0.3, -0.25) is 0 Å². The standard InChI is InChI=1S/C12H20N4O/c1-8(13)5-11-14-12(15-17-11)16-6-9-3-2-4-10(9)7-16/h8-10H,2-7,13H2,1H3/t8-,9-,10+/m1/s1. The fourth-order valence-corrected chi connectivity index (χ4v) is 3.13. The van der Waals surface area contributed by atoms with Crippen LogP contribution >= 0.6 is 0 Å². The smallest absolute Gasteiger partial charge is 0.266 e. The highest BCUT2D eigenvalue weighted by molar-refractivity contribution is 5.31. The maximum absolute atomic E-state index is 5.72. The van der Waals surface area contributed by atoms with Crippen LogP contribution in [0.5, 0.6) is 0 Å².